The second-order valence-electron chi connectivity index (χ2n) is 4.04. The minimum Gasteiger partial charge on any atom is -0.478 e. The summed E-state index contributed by atoms with van der Waals surface area (Å²) in [5.74, 6) is 1.17. The van der Waals surface area contributed by atoms with Crippen LogP contribution in [0.5, 0.6) is 0 Å². The average Bonchev–Trinajstić information content (AvgIpc) is 2.48. The molecule has 0 unspecified atom stereocenters. The van der Waals surface area contributed by atoms with Crippen molar-refractivity contribution >= 4 is 35.4 Å². The topological polar surface area (TPSA) is 37.3 Å². The first-order valence-corrected chi connectivity index (χ1v) is 7.00. The van der Waals surface area contributed by atoms with Crippen molar-refractivity contribution in [1.82, 2.24) is 0 Å². The Labute approximate surface area is 118 Å². The minimum atomic E-state index is -1.01. The van der Waals surface area contributed by atoms with Crippen molar-refractivity contribution in [3.05, 3.63) is 72.7 Å². The summed E-state index contributed by atoms with van der Waals surface area (Å²) in [6, 6.07) is 17.3. The lowest BCUT2D eigenvalue weighted by Crippen LogP contribution is -1.82. The van der Waals surface area contributed by atoms with E-state index >= 15 is 0 Å². The summed E-state index contributed by atoms with van der Waals surface area (Å²) >= 11 is 0. The Morgan fingerprint density at radius 3 is 2.55 bits per heavy atom. The van der Waals surface area contributed by atoms with E-state index in [0.717, 1.165) is 6.08 Å². The maximum absolute atomic E-state index is 9.44. The number of benzene rings is 2. The zero-order valence-corrected chi connectivity index (χ0v) is 11.7. The van der Waals surface area contributed by atoms with Gasteiger partial charge >= 0.3 is 5.97 Å². The van der Waals surface area contributed by atoms with Gasteiger partial charge in [0.25, 0.3) is 0 Å². The molecule has 0 amide bonds. The Balaban J connectivity index is 0.000000212. The lowest BCUT2D eigenvalue weighted by atomic mass is 10.1. The van der Waals surface area contributed by atoms with Crippen LogP contribution in [-0.4, -0.2) is 11.1 Å². The van der Waals surface area contributed by atoms with Crippen molar-refractivity contribution in [3.63, 3.8) is 0 Å². The molecular formula is C17H13O2P. The SMILES string of the molecule is C=C=CC(=O)O.c1ccc2c(c1)ccc1pcccc12. The quantitative estimate of drug-likeness (QED) is 0.387. The maximum atomic E-state index is 9.44. The third-order valence-corrected chi connectivity index (χ3v) is 3.73. The normalized spacial score (nSPS) is 9.80. The molecule has 0 spiro atoms. The predicted octanol–water partition coefficient (Wildman–Crippen LogP) is 4.99. The van der Waals surface area contributed by atoms with Gasteiger partial charge < -0.3 is 5.11 Å². The second kappa shape index (κ2) is 6.68. The van der Waals surface area contributed by atoms with Gasteiger partial charge in [-0.05, 0) is 28.0 Å². The van der Waals surface area contributed by atoms with Crippen LogP contribution in [0.1, 0.15) is 0 Å². The van der Waals surface area contributed by atoms with Crippen molar-refractivity contribution in [1.29, 1.82) is 0 Å². The van der Waals surface area contributed by atoms with E-state index in [2.05, 4.69) is 66.6 Å². The highest BCUT2D eigenvalue weighted by molar-refractivity contribution is 7.36. The van der Waals surface area contributed by atoms with E-state index in [-0.39, 0.29) is 0 Å². The number of carboxylic acid groups (broad SMARTS) is 1. The molecule has 0 saturated carbocycles. The molecule has 0 aliphatic rings. The van der Waals surface area contributed by atoms with E-state index < -0.39 is 5.97 Å². The van der Waals surface area contributed by atoms with Crippen molar-refractivity contribution in [3.8, 4) is 0 Å². The number of carbonyl (C=O) groups is 1. The fourth-order valence-electron chi connectivity index (χ4n) is 1.92. The van der Waals surface area contributed by atoms with Gasteiger partial charge in [-0.2, -0.15) is 0 Å². The van der Waals surface area contributed by atoms with Gasteiger partial charge in [0.1, 0.15) is 0 Å². The largest absolute Gasteiger partial charge is 0.478 e. The van der Waals surface area contributed by atoms with E-state index in [0.29, 0.717) is 0 Å². The summed E-state index contributed by atoms with van der Waals surface area (Å²) in [7, 11) is 1.31. The summed E-state index contributed by atoms with van der Waals surface area (Å²) in [5, 5.41) is 13.2. The minimum absolute atomic E-state index is 0.847. The number of rotatable bonds is 1. The molecule has 1 heterocycles. The van der Waals surface area contributed by atoms with Gasteiger partial charge in [-0.3, -0.25) is 0 Å². The molecule has 98 valence electrons. The number of fused-ring (bicyclic) bond motifs is 3. The lowest BCUT2D eigenvalue weighted by Gasteiger charge is -2.01. The van der Waals surface area contributed by atoms with Crippen molar-refractivity contribution < 1.29 is 9.90 Å². The fraction of sp³-hybridized carbons (Fsp3) is 0. The molecular weight excluding hydrogens is 267 g/mol. The van der Waals surface area contributed by atoms with Crippen LogP contribution in [-0.2, 0) is 4.79 Å². The fourth-order valence-corrected chi connectivity index (χ4v) is 2.75. The first-order chi connectivity index (χ1) is 9.72. The smallest absolute Gasteiger partial charge is 0.336 e. The maximum Gasteiger partial charge on any atom is 0.336 e. The molecule has 20 heavy (non-hydrogen) atoms. The average molecular weight is 280 g/mol. The summed E-state index contributed by atoms with van der Waals surface area (Å²) in [6.45, 7) is 3.04. The molecule has 0 bridgehead atoms. The molecule has 2 nitrogen and oxygen atoms in total. The highest BCUT2D eigenvalue weighted by atomic mass is 31.0. The van der Waals surface area contributed by atoms with Gasteiger partial charge in [-0.25, -0.2) is 4.79 Å². The van der Waals surface area contributed by atoms with Gasteiger partial charge in [0.2, 0.25) is 0 Å². The van der Waals surface area contributed by atoms with Crippen molar-refractivity contribution in [2.45, 2.75) is 0 Å². The van der Waals surface area contributed by atoms with Crippen LogP contribution in [0.15, 0.2) is 72.7 Å². The number of hydrogen-bond donors (Lipinski definition) is 1. The van der Waals surface area contributed by atoms with Crippen LogP contribution in [0, 0.1) is 0 Å². The van der Waals surface area contributed by atoms with Crippen LogP contribution in [0.4, 0.5) is 0 Å². The first-order valence-electron chi connectivity index (χ1n) is 6.03. The summed E-state index contributed by atoms with van der Waals surface area (Å²) < 4.78 is 0. The third-order valence-electron chi connectivity index (χ3n) is 2.74. The third kappa shape index (κ3) is 3.33. The molecule has 0 saturated heterocycles. The van der Waals surface area contributed by atoms with Crippen molar-refractivity contribution in [2.75, 3.05) is 0 Å². The zero-order valence-electron chi connectivity index (χ0n) is 10.8. The molecule has 1 N–H and O–H groups in total. The molecule has 3 aromatic rings. The van der Waals surface area contributed by atoms with E-state index in [1.54, 1.807) is 0 Å². The molecule has 0 aliphatic heterocycles. The van der Waals surface area contributed by atoms with Gasteiger partial charge in [0.05, 0.1) is 6.08 Å². The molecule has 0 fully saturated rings. The van der Waals surface area contributed by atoms with Gasteiger partial charge in [-0.15, -0.1) is 5.73 Å². The summed E-state index contributed by atoms with van der Waals surface area (Å²) in [6.07, 6.45) is 0.847. The molecule has 3 heteroatoms. The Bertz CT molecular complexity index is 747. The number of aliphatic carboxylic acids is 1. The van der Waals surface area contributed by atoms with Crippen LogP contribution in [0.25, 0.3) is 21.3 Å². The molecule has 2 aromatic carbocycles. The number of carboxylic acids is 1. The Hall–Kier alpha value is -2.40. The van der Waals surface area contributed by atoms with Crippen LogP contribution in [0.2, 0.25) is 0 Å². The van der Waals surface area contributed by atoms with E-state index in [9.17, 15) is 4.79 Å². The molecule has 0 atom stereocenters. The highest BCUT2D eigenvalue weighted by Gasteiger charge is 1.97. The molecule has 1 aromatic heterocycles. The standard InChI is InChI=1S/C13H9P.C4H4O2/c1-2-5-11-10(4-1)7-8-13-12(11)6-3-9-14-13;1-2-3-4(5)6/h1-9H;3H,1H2,(H,5,6). The molecule has 0 radical (unpaired) electrons. The monoisotopic (exact) mass is 280 g/mol. The second-order valence-corrected chi connectivity index (χ2v) is 5.08. The highest BCUT2D eigenvalue weighted by Crippen LogP contribution is 2.29. The lowest BCUT2D eigenvalue weighted by molar-refractivity contribution is -0.131. The van der Waals surface area contributed by atoms with Crippen molar-refractivity contribution in [2.24, 2.45) is 0 Å². The Morgan fingerprint density at radius 1 is 1.10 bits per heavy atom. The van der Waals surface area contributed by atoms with Crippen LogP contribution < -0.4 is 0 Å². The van der Waals surface area contributed by atoms with Gasteiger partial charge in [0, 0.05) is 5.12 Å². The molecule has 3 rings (SSSR count). The molecule has 0 aliphatic carbocycles. The van der Waals surface area contributed by atoms with E-state index in [4.69, 9.17) is 5.11 Å². The van der Waals surface area contributed by atoms with Gasteiger partial charge in [0.15, 0.2) is 0 Å². The Morgan fingerprint density at radius 2 is 1.85 bits per heavy atom. The predicted molar refractivity (Wildman–Crippen MR) is 85.3 cm³/mol. The van der Waals surface area contributed by atoms with Crippen LogP contribution >= 0.6 is 8.19 Å². The number of hydrogen-bond acceptors (Lipinski definition) is 1. The van der Waals surface area contributed by atoms with Gasteiger partial charge in [-0.1, -0.05) is 57.2 Å². The zero-order chi connectivity index (χ0) is 14.4. The van der Waals surface area contributed by atoms with Crippen LogP contribution in [0.3, 0.4) is 0 Å². The van der Waals surface area contributed by atoms with E-state index in [1.165, 1.54) is 29.5 Å². The summed E-state index contributed by atoms with van der Waals surface area (Å²) in [5.41, 5.74) is 2.09. The summed E-state index contributed by atoms with van der Waals surface area (Å²) in [4.78, 5) is 9.44. The van der Waals surface area contributed by atoms with E-state index in [1.807, 2.05) is 0 Å². The Kier molecular flexibility index (Phi) is 4.68. The first kappa shape index (κ1) is 14.0.